The number of thiophene rings is 1. The fourth-order valence-electron chi connectivity index (χ4n) is 2.98. The topological polar surface area (TPSA) is 66.4 Å². The van der Waals surface area contributed by atoms with Gasteiger partial charge in [0.15, 0.2) is 0 Å². The number of aryl methyl sites for hydroxylation is 2. The summed E-state index contributed by atoms with van der Waals surface area (Å²) in [4.78, 5) is 25.5. The molecule has 1 aliphatic rings. The third-order valence-electron chi connectivity index (χ3n) is 4.13. The number of carboxylic acids is 1. The Morgan fingerprint density at radius 2 is 2.14 bits per heavy atom. The fraction of sp³-hybridized carbons (Fsp3) is 0.625. The lowest BCUT2D eigenvalue weighted by Crippen LogP contribution is -2.39. The van der Waals surface area contributed by atoms with E-state index in [0.29, 0.717) is 11.3 Å². The van der Waals surface area contributed by atoms with Crippen molar-refractivity contribution in [2.45, 2.75) is 58.4 Å². The normalized spacial score (nSPS) is 21.4. The molecule has 0 aromatic carbocycles. The highest BCUT2D eigenvalue weighted by molar-refractivity contribution is 7.14. The molecular weight excluding hydrogens is 286 g/mol. The number of aliphatic carboxylic acids is 1. The molecule has 21 heavy (non-hydrogen) atoms. The number of rotatable bonds is 6. The molecule has 5 heteroatoms. The van der Waals surface area contributed by atoms with Gasteiger partial charge in [-0.15, -0.1) is 11.3 Å². The number of carbonyl (C=O) groups excluding carboxylic acids is 1. The molecule has 1 amide bonds. The third kappa shape index (κ3) is 3.64. The second-order valence-electron chi connectivity index (χ2n) is 5.62. The van der Waals surface area contributed by atoms with Gasteiger partial charge in [0.25, 0.3) is 5.91 Å². The molecule has 1 fully saturated rings. The highest BCUT2D eigenvalue weighted by Gasteiger charge is 2.34. The van der Waals surface area contributed by atoms with Crippen LogP contribution in [0.3, 0.4) is 0 Å². The van der Waals surface area contributed by atoms with Crippen molar-refractivity contribution in [2.24, 2.45) is 5.92 Å². The van der Waals surface area contributed by atoms with Crippen molar-refractivity contribution in [2.75, 3.05) is 0 Å². The Labute approximate surface area is 129 Å². The molecule has 1 saturated carbocycles. The molecule has 0 aliphatic heterocycles. The molecule has 1 heterocycles. The Bertz CT molecular complexity index is 524. The molecule has 0 saturated heterocycles. The van der Waals surface area contributed by atoms with Gasteiger partial charge in [-0.3, -0.25) is 9.59 Å². The van der Waals surface area contributed by atoms with Crippen molar-refractivity contribution in [1.82, 2.24) is 5.32 Å². The van der Waals surface area contributed by atoms with Gasteiger partial charge >= 0.3 is 5.97 Å². The summed E-state index contributed by atoms with van der Waals surface area (Å²) in [5.41, 5.74) is 1.24. The summed E-state index contributed by atoms with van der Waals surface area (Å²) in [7, 11) is 0. The first-order valence-corrected chi connectivity index (χ1v) is 8.53. The Morgan fingerprint density at radius 3 is 2.76 bits per heavy atom. The van der Waals surface area contributed by atoms with E-state index in [2.05, 4.69) is 19.2 Å². The average Bonchev–Trinajstić information content (AvgIpc) is 3.05. The van der Waals surface area contributed by atoms with Gasteiger partial charge in [-0.05, 0) is 37.3 Å². The predicted molar refractivity (Wildman–Crippen MR) is 83.9 cm³/mol. The summed E-state index contributed by atoms with van der Waals surface area (Å²) in [5.74, 6) is -1.35. The van der Waals surface area contributed by atoms with Crippen LogP contribution >= 0.6 is 11.3 Å². The van der Waals surface area contributed by atoms with Crippen LogP contribution in [0.4, 0.5) is 0 Å². The molecule has 1 aromatic heterocycles. The van der Waals surface area contributed by atoms with Gasteiger partial charge in [-0.2, -0.15) is 0 Å². The molecule has 2 N–H and O–H groups in total. The molecule has 0 bridgehead atoms. The van der Waals surface area contributed by atoms with Crippen LogP contribution in [-0.2, 0) is 17.6 Å². The zero-order valence-electron chi connectivity index (χ0n) is 12.6. The highest BCUT2D eigenvalue weighted by atomic mass is 32.1. The zero-order valence-corrected chi connectivity index (χ0v) is 13.5. The molecule has 0 unspecified atom stereocenters. The van der Waals surface area contributed by atoms with Crippen LogP contribution in [0.1, 0.15) is 59.6 Å². The van der Waals surface area contributed by atoms with Gasteiger partial charge in [-0.1, -0.05) is 26.7 Å². The summed E-state index contributed by atoms with van der Waals surface area (Å²) in [5, 5.41) is 12.1. The van der Waals surface area contributed by atoms with Crippen LogP contribution < -0.4 is 5.32 Å². The second kappa shape index (κ2) is 7.07. The second-order valence-corrected chi connectivity index (χ2v) is 6.75. The summed E-state index contributed by atoms with van der Waals surface area (Å²) >= 11 is 1.55. The third-order valence-corrected chi connectivity index (χ3v) is 5.36. The van der Waals surface area contributed by atoms with Crippen molar-refractivity contribution in [3.63, 3.8) is 0 Å². The van der Waals surface area contributed by atoms with Crippen molar-refractivity contribution >= 4 is 23.2 Å². The maximum atomic E-state index is 12.4. The van der Waals surface area contributed by atoms with E-state index < -0.39 is 11.9 Å². The van der Waals surface area contributed by atoms with E-state index in [-0.39, 0.29) is 11.9 Å². The number of amides is 1. The van der Waals surface area contributed by atoms with Crippen LogP contribution in [0.25, 0.3) is 0 Å². The first-order valence-electron chi connectivity index (χ1n) is 7.72. The highest BCUT2D eigenvalue weighted by Crippen LogP contribution is 2.28. The minimum absolute atomic E-state index is 0.116. The molecule has 1 aliphatic carbocycles. The summed E-state index contributed by atoms with van der Waals surface area (Å²) in [6.07, 6.45) is 5.29. The van der Waals surface area contributed by atoms with Gasteiger partial charge in [0, 0.05) is 10.9 Å². The standard InChI is InChI=1S/C16H23NO3S/c1-3-6-13-10(4-2)9-14(21-13)15(18)17-12-8-5-7-11(12)16(19)20/h9,11-12H,3-8H2,1-2H3,(H,17,18)(H,19,20)/t11-,12+/m0/s1. The van der Waals surface area contributed by atoms with E-state index >= 15 is 0 Å². The van der Waals surface area contributed by atoms with E-state index in [1.165, 1.54) is 10.4 Å². The van der Waals surface area contributed by atoms with E-state index in [4.69, 9.17) is 0 Å². The predicted octanol–water partition coefficient (Wildman–Crippen LogP) is 3.25. The molecule has 1 aromatic rings. The van der Waals surface area contributed by atoms with Crippen LogP contribution in [0.2, 0.25) is 0 Å². The van der Waals surface area contributed by atoms with Crippen molar-refractivity contribution in [1.29, 1.82) is 0 Å². The largest absolute Gasteiger partial charge is 0.481 e. The molecular formula is C16H23NO3S. The first kappa shape index (κ1) is 16.0. The van der Waals surface area contributed by atoms with E-state index in [1.807, 2.05) is 6.07 Å². The number of carbonyl (C=O) groups is 2. The van der Waals surface area contributed by atoms with Gasteiger partial charge in [0.1, 0.15) is 0 Å². The van der Waals surface area contributed by atoms with Gasteiger partial charge < -0.3 is 10.4 Å². The lowest BCUT2D eigenvalue weighted by atomic mass is 10.0. The van der Waals surface area contributed by atoms with Crippen LogP contribution in [0.5, 0.6) is 0 Å². The lowest BCUT2D eigenvalue weighted by molar-refractivity contribution is -0.142. The van der Waals surface area contributed by atoms with Crippen LogP contribution in [0.15, 0.2) is 6.07 Å². The Morgan fingerprint density at radius 1 is 1.38 bits per heavy atom. The molecule has 2 rings (SSSR count). The molecule has 2 atom stereocenters. The number of carboxylic acid groups (broad SMARTS) is 1. The number of hydrogen-bond donors (Lipinski definition) is 2. The van der Waals surface area contributed by atoms with Crippen molar-refractivity contribution in [3.8, 4) is 0 Å². The number of nitrogens with one attached hydrogen (secondary N) is 1. The summed E-state index contributed by atoms with van der Waals surface area (Å²) in [6, 6.07) is 1.74. The smallest absolute Gasteiger partial charge is 0.308 e. The maximum Gasteiger partial charge on any atom is 0.308 e. The Hall–Kier alpha value is -1.36. The summed E-state index contributed by atoms with van der Waals surface area (Å²) in [6.45, 7) is 4.23. The lowest BCUT2D eigenvalue weighted by Gasteiger charge is -2.16. The monoisotopic (exact) mass is 309 g/mol. The Kier molecular flexibility index (Phi) is 5.39. The summed E-state index contributed by atoms with van der Waals surface area (Å²) < 4.78 is 0. The van der Waals surface area contributed by atoms with Crippen molar-refractivity contribution < 1.29 is 14.7 Å². The van der Waals surface area contributed by atoms with E-state index in [1.54, 1.807) is 11.3 Å². The van der Waals surface area contributed by atoms with Crippen LogP contribution in [-0.4, -0.2) is 23.0 Å². The minimum Gasteiger partial charge on any atom is -0.481 e. The van der Waals surface area contributed by atoms with Gasteiger partial charge in [-0.25, -0.2) is 0 Å². The molecule has 0 radical (unpaired) electrons. The van der Waals surface area contributed by atoms with E-state index in [9.17, 15) is 14.7 Å². The Balaban J connectivity index is 2.08. The molecule has 4 nitrogen and oxygen atoms in total. The van der Waals surface area contributed by atoms with E-state index in [0.717, 1.165) is 32.1 Å². The average molecular weight is 309 g/mol. The van der Waals surface area contributed by atoms with Crippen LogP contribution in [0, 0.1) is 5.92 Å². The number of hydrogen-bond acceptors (Lipinski definition) is 3. The van der Waals surface area contributed by atoms with Gasteiger partial charge in [0.05, 0.1) is 10.8 Å². The quantitative estimate of drug-likeness (QED) is 0.847. The first-order chi connectivity index (χ1) is 10.1. The maximum absolute atomic E-state index is 12.4. The zero-order chi connectivity index (χ0) is 15.4. The SMILES string of the molecule is CCCc1sc(C(=O)N[C@@H]2CCC[C@@H]2C(=O)O)cc1CC. The minimum atomic E-state index is -0.801. The molecule has 116 valence electrons. The van der Waals surface area contributed by atoms with Crippen molar-refractivity contribution in [3.05, 3.63) is 21.4 Å². The fourth-order valence-corrected chi connectivity index (χ4v) is 4.24. The van der Waals surface area contributed by atoms with Gasteiger partial charge in [0.2, 0.25) is 0 Å². The molecule has 0 spiro atoms.